The van der Waals surface area contributed by atoms with Crippen molar-refractivity contribution in [1.82, 2.24) is 5.32 Å². The Hall–Kier alpha value is -3.58. The number of ether oxygens (including phenoxy) is 2. The molecule has 7 heteroatoms. The van der Waals surface area contributed by atoms with Crippen molar-refractivity contribution < 1.29 is 18.7 Å². The largest absolute Gasteiger partial charge is 0.490 e. The Bertz CT molecular complexity index is 939. The zero-order valence-electron chi connectivity index (χ0n) is 15.5. The molecule has 1 heterocycles. The first-order valence-electron chi connectivity index (χ1n) is 8.93. The fourth-order valence-corrected chi connectivity index (χ4v) is 2.55. The first-order chi connectivity index (χ1) is 14.2. The van der Waals surface area contributed by atoms with Crippen molar-refractivity contribution in [2.24, 2.45) is 0 Å². The van der Waals surface area contributed by atoms with Crippen molar-refractivity contribution in [3.8, 4) is 11.5 Å². The first kappa shape index (κ1) is 20.2. The average molecular weight is 408 g/mol. The van der Waals surface area contributed by atoms with Crippen LogP contribution in [0, 0.1) is 0 Å². The van der Waals surface area contributed by atoms with Gasteiger partial charge < -0.3 is 19.2 Å². The Kier molecular flexibility index (Phi) is 7.42. The van der Waals surface area contributed by atoms with E-state index in [1.807, 2.05) is 54.6 Å². The van der Waals surface area contributed by atoms with Crippen LogP contribution < -0.4 is 20.1 Å². The molecule has 3 rings (SSSR count). The summed E-state index contributed by atoms with van der Waals surface area (Å²) in [6.45, 7) is 0.879. The number of anilines is 1. The van der Waals surface area contributed by atoms with Gasteiger partial charge in [-0.25, -0.2) is 0 Å². The molecule has 2 aromatic carbocycles. The fraction of sp³-hybridized carbons (Fsp3) is 0.0909. The summed E-state index contributed by atoms with van der Waals surface area (Å²) in [5.74, 6) is 1.76. The lowest BCUT2D eigenvalue weighted by atomic mass is 10.3. The van der Waals surface area contributed by atoms with Crippen LogP contribution in [0.1, 0.15) is 5.76 Å². The van der Waals surface area contributed by atoms with E-state index in [0.29, 0.717) is 24.7 Å². The number of thiocarbonyl (C=S) groups is 1. The minimum atomic E-state index is -0.350. The van der Waals surface area contributed by atoms with Gasteiger partial charge in [0.05, 0.1) is 6.26 Å². The van der Waals surface area contributed by atoms with E-state index < -0.39 is 0 Å². The van der Waals surface area contributed by atoms with E-state index >= 15 is 0 Å². The van der Waals surface area contributed by atoms with Crippen LogP contribution in [-0.2, 0) is 4.79 Å². The summed E-state index contributed by atoms with van der Waals surface area (Å²) in [5.41, 5.74) is 0.734. The Morgan fingerprint density at radius 2 is 1.62 bits per heavy atom. The standard InChI is InChI=1S/C22H20N2O4S/c25-21(13-12-19-7-4-14-26-19)24-22(29)23-17-8-10-20(11-9-17)28-16-15-27-18-5-2-1-3-6-18/h1-14H,15-16H2,(H2,23,24,25,29). The third-order valence-electron chi connectivity index (χ3n) is 3.66. The number of para-hydroxylation sites is 1. The van der Waals surface area contributed by atoms with Gasteiger partial charge in [-0.1, -0.05) is 18.2 Å². The third kappa shape index (κ3) is 7.15. The number of hydrogen-bond donors (Lipinski definition) is 2. The highest BCUT2D eigenvalue weighted by atomic mass is 32.1. The SMILES string of the molecule is O=C(C=Cc1ccco1)NC(=S)Nc1ccc(OCCOc2ccccc2)cc1. The topological polar surface area (TPSA) is 72.7 Å². The Balaban J connectivity index is 1.38. The van der Waals surface area contributed by atoms with E-state index in [4.69, 9.17) is 26.1 Å². The number of rotatable bonds is 8. The van der Waals surface area contributed by atoms with E-state index in [9.17, 15) is 4.79 Å². The maximum atomic E-state index is 11.8. The predicted molar refractivity (Wildman–Crippen MR) is 116 cm³/mol. The van der Waals surface area contributed by atoms with Gasteiger partial charge in [-0.05, 0) is 66.8 Å². The molecule has 0 aliphatic heterocycles. The summed E-state index contributed by atoms with van der Waals surface area (Å²) in [4.78, 5) is 11.8. The van der Waals surface area contributed by atoms with Gasteiger partial charge in [0, 0.05) is 11.8 Å². The minimum Gasteiger partial charge on any atom is -0.490 e. The number of amides is 1. The van der Waals surface area contributed by atoms with Crippen LogP contribution in [-0.4, -0.2) is 24.2 Å². The summed E-state index contributed by atoms with van der Waals surface area (Å²) in [6, 6.07) is 20.3. The summed E-state index contributed by atoms with van der Waals surface area (Å²) in [7, 11) is 0. The van der Waals surface area contributed by atoms with Gasteiger partial charge in [0.15, 0.2) is 5.11 Å². The second-order valence-corrected chi connectivity index (χ2v) is 6.23. The molecule has 0 saturated carbocycles. The molecule has 0 bridgehead atoms. The van der Waals surface area contributed by atoms with Gasteiger partial charge >= 0.3 is 0 Å². The normalized spacial score (nSPS) is 10.5. The van der Waals surface area contributed by atoms with Crippen LogP contribution in [0.4, 0.5) is 5.69 Å². The second kappa shape index (κ2) is 10.7. The zero-order chi connectivity index (χ0) is 20.3. The van der Waals surface area contributed by atoms with Crippen molar-refractivity contribution in [1.29, 1.82) is 0 Å². The van der Waals surface area contributed by atoms with Crippen molar-refractivity contribution in [2.75, 3.05) is 18.5 Å². The molecule has 148 valence electrons. The summed E-state index contributed by atoms with van der Waals surface area (Å²) < 4.78 is 16.3. The summed E-state index contributed by atoms with van der Waals surface area (Å²) in [5, 5.41) is 5.71. The highest BCUT2D eigenvalue weighted by Crippen LogP contribution is 2.16. The maximum absolute atomic E-state index is 11.8. The molecule has 6 nitrogen and oxygen atoms in total. The van der Waals surface area contributed by atoms with Gasteiger partial charge in [0.2, 0.25) is 5.91 Å². The van der Waals surface area contributed by atoms with Crippen molar-refractivity contribution >= 4 is 35.0 Å². The molecule has 1 aromatic heterocycles. The van der Waals surface area contributed by atoms with Gasteiger partial charge in [0.25, 0.3) is 0 Å². The molecule has 1 amide bonds. The lowest BCUT2D eigenvalue weighted by Gasteiger charge is -2.10. The van der Waals surface area contributed by atoms with E-state index in [-0.39, 0.29) is 11.0 Å². The summed E-state index contributed by atoms with van der Waals surface area (Å²) in [6.07, 6.45) is 4.44. The van der Waals surface area contributed by atoms with Gasteiger partial charge in [-0.15, -0.1) is 0 Å². The molecule has 2 N–H and O–H groups in total. The maximum Gasteiger partial charge on any atom is 0.250 e. The first-order valence-corrected chi connectivity index (χ1v) is 9.34. The van der Waals surface area contributed by atoms with Crippen molar-refractivity contribution in [3.63, 3.8) is 0 Å². The van der Waals surface area contributed by atoms with Gasteiger partial charge in [-0.2, -0.15) is 0 Å². The molecule has 0 saturated heterocycles. The Labute approximate surface area is 174 Å². The average Bonchev–Trinajstić information content (AvgIpc) is 3.25. The fourth-order valence-electron chi connectivity index (χ4n) is 2.33. The minimum absolute atomic E-state index is 0.198. The molecular weight excluding hydrogens is 388 g/mol. The van der Waals surface area contributed by atoms with Crippen LogP contribution in [0.15, 0.2) is 83.5 Å². The number of hydrogen-bond acceptors (Lipinski definition) is 5. The van der Waals surface area contributed by atoms with Gasteiger partial charge in [-0.3, -0.25) is 10.1 Å². The Morgan fingerprint density at radius 3 is 2.28 bits per heavy atom. The molecule has 0 atom stereocenters. The number of benzene rings is 2. The van der Waals surface area contributed by atoms with E-state index in [0.717, 1.165) is 11.4 Å². The number of nitrogens with one attached hydrogen (secondary N) is 2. The molecule has 0 aliphatic carbocycles. The van der Waals surface area contributed by atoms with Crippen LogP contribution in [0.2, 0.25) is 0 Å². The van der Waals surface area contributed by atoms with Crippen molar-refractivity contribution in [2.45, 2.75) is 0 Å². The van der Waals surface area contributed by atoms with E-state index in [2.05, 4.69) is 10.6 Å². The number of carbonyl (C=O) groups is 1. The third-order valence-corrected chi connectivity index (χ3v) is 3.86. The monoisotopic (exact) mass is 408 g/mol. The lowest BCUT2D eigenvalue weighted by Crippen LogP contribution is -2.32. The van der Waals surface area contributed by atoms with Crippen molar-refractivity contribution in [3.05, 3.63) is 84.8 Å². The van der Waals surface area contributed by atoms with Crippen LogP contribution in [0.3, 0.4) is 0 Å². The molecule has 0 fully saturated rings. The van der Waals surface area contributed by atoms with Crippen LogP contribution in [0.25, 0.3) is 6.08 Å². The highest BCUT2D eigenvalue weighted by Gasteiger charge is 2.03. The van der Waals surface area contributed by atoms with Crippen LogP contribution in [0.5, 0.6) is 11.5 Å². The van der Waals surface area contributed by atoms with E-state index in [1.165, 1.54) is 12.3 Å². The predicted octanol–water partition coefficient (Wildman–Crippen LogP) is 4.26. The van der Waals surface area contributed by atoms with Crippen LogP contribution >= 0.6 is 12.2 Å². The summed E-state index contributed by atoms with van der Waals surface area (Å²) >= 11 is 5.14. The quantitative estimate of drug-likeness (QED) is 0.330. The zero-order valence-corrected chi connectivity index (χ0v) is 16.4. The Morgan fingerprint density at radius 1 is 0.931 bits per heavy atom. The highest BCUT2D eigenvalue weighted by molar-refractivity contribution is 7.80. The molecular formula is C22H20N2O4S. The molecule has 0 spiro atoms. The molecule has 0 unspecified atom stereocenters. The molecule has 0 aliphatic rings. The number of carbonyl (C=O) groups excluding carboxylic acids is 1. The molecule has 3 aromatic rings. The lowest BCUT2D eigenvalue weighted by molar-refractivity contribution is -0.115. The smallest absolute Gasteiger partial charge is 0.250 e. The second-order valence-electron chi connectivity index (χ2n) is 5.83. The molecule has 29 heavy (non-hydrogen) atoms. The molecule has 0 radical (unpaired) electrons. The number of furan rings is 1. The van der Waals surface area contributed by atoms with Gasteiger partial charge in [0.1, 0.15) is 30.5 Å². The van der Waals surface area contributed by atoms with E-state index in [1.54, 1.807) is 18.2 Å².